The number of anilines is 1. The first-order valence-electron chi connectivity index (χ1n) is 11.2. The normalized spacial score (nSPS) is 15.0. The molecule has 3 aromatic carbocycles. The molecule has 0 unspecified atom stereocenters. The summed E-state index contributed by atoms with van der Waals surface area (Å²) >= 11 is 6.11. The summed E-state index contributed by atoms with van der Waals surface area (Å²) in [5.74, 6) is -1.97. The first-order chi connectivity index (χ1) is 16.7. The highest BCUT2D eigenvalue weighted by atomic mass is 35.5. The number of nitrogens with zero attached hydrogens (tertiary/aromatic N) is 1. The molecule has 4 rings (SSSR count). The van der Waals surface area contributed by atoms with Crippen molar-refractivity contribution < 1.29 is 22.4 Å². The zero-order valence-corrected chi connectivity index (χ0v) is 20.4. The summed E-state index contributed by atoms with van der Waals surface area (Å²) in [6, 6.07) is 19.2. The smallest absolute Gasteiger partial charge is 0.227 e. The van der Waals surface area contributed by atoms with E-state index in [1.165, 1.54) is 28.6 Å². The van der Waals surface area contributed by atoms with E-state index in [9.17, 15) is 22.4 Å². The highest BCUT2D eigenvalue weighted by Crippen LogP contribution is 2.27. The van der Waals surface area contributed by atoms with Gasteiger partial charge in [0.15, 0.2) is 5.78 Å². The van der Waals surface area contributed by atoms with E-state index in [-0.39, 0.29) is 35.9 Å². The SMILES string of the molecule is O=C(c1ccccc1)c1cc(Cl)ccc1NC(=O)C1CCN(S(=O)(=O)Cc2ccccc2F)CC1. The van der Waals surface area contributed by atoms with Crippen molar-refractivity contribution in [3.8, 4) is 0 Å². The van der Waals surface area contributed by atoms with Crippen LogP contribution in [-0.2, 0) is 20.6 Å². The van der Waals surface area contributed by atoms with Crippen molar-refractivity contribution in [3.63, 3.8) is 0 Å². The van der Waals surface area contributed by atoms with E-state index in [0.717, 1.165) is 0 Å². The van der Waals surface area contributed by atoms with Crippen LogP contribution in [0.5, 0.6) is 0 Å². The summed E-state index contributed by atoms with van der Waals surface area (Å²) in [5, 5.41) is 3.19. The van der Waals surface area contributed by atoms with Crippen LogP contribution in [0.4, 0.5) is 10.1 Å². The molecular weight excluding hydrogens is 491 g/mol. The van der Waals surface area contributed by atoms with Crippen LogP contribution in [-0.4, -0.2) is 37.5 Å². The van der Waals surface area contributed by atoms with E-state index in [1.54, 1.807) is 48.5 Å². The molecule has 0 bridgehead atoms. The molecule has 1 saturated heterocycles. The van der Waals surface area contributed by atoms with Crippen LogP contribution >= 0.6 is 11.6 Å². The topological polar surface area (TPSA) is 83.6 Å². The number of sulfonamides is 1. The molecule has 0 aromatic heterocycles. The molecular formula is C26H24ClFN2O4S. The summed E-state index contributed by atoms with van der Waals surface area (Å²) in [6.07, 6.45) is 0.635. The lowest BCUT2D eigenvalue weighted by Crippen LogP contribution is -2.42. The Morgan fingerprint density at radius 2 is 1.63 bits per heavy atom. The number of piperidine rings is 1. The van der Waals surface area contributed by atoms with Gasteiger partial charge in [-0.1, -0.05) is 60.1 Å². The lowest BCUT2D eigenvalue weighted by Gasteiger charge is -2.30. The minimum absolute atomic E-state index is 0.116. The van der Waals surface area contributed by atoms with Crippen LogP contribution in [0.3, 0.4) is 0 Å². The fourth-order valence-corrected chi connectivity index (χ4v) is 5.84. The van der Waals surface area contributed by atoms with Gasteiger partial charge in [-0.3, -0.25) is 9.59 Å². The van der Waals surface area contributed by atoms with E-state index in [0.29, 0.717) is 29.1 Å². The number of amides is 1. The van der Waals surface area contributed by atoms with Crippen LogP contribution in [0.2, 0.25) is 5.02 Å². The zero-order valence-electron chi connectivity index (χ0n) is 18.8. The quantitative estimate of drug-likeness (QED) is 0.455. The maximum atomic E-state index is 13.9. The van der Waals surface area contributed by atoms with Gasteiger partial charge in [-0.25, -0.2) is 17.1 Å². The Balaban J connectivity index is 1.42. The van der Waals surface area contributed by atoms with Gasteiger partial charge < -0.3 is 5.32 Å². The van der Waals surface area contributed by atoms with Gasteiger partial charge >= 0.3 is 0 Å². The molecule has 35 heavy (non-hydrogen) atoms. The second-order valence-corrected chi connectivity index (χ2v) is 10.8. The van der Waals surface area contributed by atoms with E-state index >= 15 is 0 Å². The molecule has 1 amide bonds. The minimum atomic E-state index is -3.72. The molecule has 1 heterocycles. The second-order valence-electron chi connectivity index (χ2n) is 8.40. The van der Waals surface area contributed by atoms with Crippen molar-refractivity contribution >= 4 is 39.0 Å². The Bertz CT molecular complexity index is 1340. The number of benzene rings is 3. The maximum absolute atomic E-state index is 13.9. The maximum Gasteiger partial charge on any atom is 0.227 e. The number of hydrogen-bond donors (Lipinski definition) is 1. The van der Waals surface area contributed by atoms with E-state index < -0.39 is 27.5 Å². The van der Waals surface area contributed by atoms with Crippen LogP contribution in [0.15, 0.2) is 72.8 Å². The van der Waals surface area contributed by atoms with Gasteiger partial charge in [0, 0.05) is 40.7 Å². The summed E-state index contributed by atoms with van der Waals surface area (Å²) in [7, 11) is -3.72. The lowest BCUT2D eigenvalue weighted by atomic mass is 9.96. The summed E-state index contributed by atoms with van der Waals surface area (Å²) in [4.78, 5) is 26.0. The van der Waals surface area contributed by atoms with Crippen LogP contribution < -0.4 is 5.32 Å². The fourth-order valence-electron chi connectivity index (χ4n) is 4.09. The van der Waals surface area contributed by atoms with Crippen LogP contribution in [0, 0.1) is 11.7 Å². The molecule has 6 nitrogen and oxygen atoms in total. The van der Waals surface area contributed by atoms with Gasteiger partial charge in [-0.05, 0) is 37.1 Å². The zero-order chi connectivity index (χ0) is 25.0. The van der Waals surface area contributed by atoms with Crippen LogP contribution in [0.25, 0.3) is 0 Å². The minimum Gasteiger partial charge on any atom is -0.325 e. The molecule has 0 aliphatic carbocycles. The van der Waals surface area contributed by atoms with E-state index in [4.69, 9.17) is 11.6 Å². The van der Waals surface area contributed by atoms with Gasteiger partial charge in [0.1, 0.15) is 5.82 Å². The number of nitrogens with one attached hydrogen (secondary N) is 1. The number of carbonyl (C=O) groups excluding carboxylic acids is 2. The Morgan fingerprint density at radius 3 is 2.31 bits per heavy atom. The van der Waals surface area contributed by atoms with Crippen molar-refractivity contribution in [3.05, 3.63) is 100 Å². The van der Waals surface area contributed by atoms with Crippen molar-refractivity contribution in [2.24, 2.45) is 5.92 Å². The van der Waals surface area contributed by atoms with Crippen molar-refractivity contribution in [1.82, 2.24) is 4.31 Å². The van der Waals surface area contributed by atoms with Gasteiger partial charge in [-0.15, -0.1) is 0 Å². The fraction of sp³-hybridized carbons (Fsp3) is 0.231. The lowest BCUT2D eigenvalue weighted by molar-refractivity contribution is -0.120. The Labute approximate surface area is 208 Å². The van der Waals surface area contributed by atoms with Gasteiger partial charge in [0.2, 0.25) is 15.9 Å². The van der Waals surface area contributed by atoms with Crippen LogP contribution in [0.1, 0.15) is 34.3 Å². The molecule has 0 spiro atoms. The number of carbonyl (C=O) groups is 2. The molecule has 0 atom stereocenters. The van der Waals surface area contributed by atoms with Crippen molar-refractivity contribution in [2.75, 3.05) is 18.4 Å². The predicted molar refractivity (Wildman–Crippen MR) is 133 cm³/mol. The average molecular weight is 515 g/mol. The highest BCUT2D eigenvalue weighted by Gasteiger charge is 2.32. The van der Waals surface area contributed by atoms with Gasteiger partial charge in [0.05, 0.1) is 11.4 Å². The Hall–Kier alpha value is -3.07. The summed E-state index contributed by atoms with van der Waals surface area (Å²) < 4.78 is 40.8. The third-order valence-corrected chi connectivity index (χ3v) is 8.10. The highest BCUT2D eigenvalue weighted by molar-refractivity contribution is 7.88. The molecule has 0 saturated carbocycles. The standard InChI is InChI=1S/C26H24ClFN2O4S/c27-21-10-11-24(22(16-21)25(31)18-6-2-1-3-7-18)29-26(32)19-12-14-30(15-13-19)35(33,34)17-20-8-4-5-9-23(20)28/h1-11,16,19H,12-15,17H2,(H,29,32). The third kappa shape index (κ3) is 5.96. The molecule has 182 valence electrons. The molecule has 1 N–H and O–H groups in total. The Morgan fingerprint density at radius 1 is 0.971 bits per heavy atom. The third-order valence-electron chi connectivity index (χ3n) is 6.03. The average Bonchev–Trinajstić information content (AvgIpc) is 2.86. The number of hydrogen-bond acceptors (Lipinski definition) is 4. The van der Waals surface area contributed by atoms with Gasteiger partial charge in [0.25, 0.3) is 0 Å². The van der Waals surface area contributed by atoms with E-state index in [2.05, 4.69) is 5.32 Å². The molecule has 1 aliphatic heterocycles. The Kier molecular flexibility index (Phi) is 7.64. The molecule has 1 aliphatic rings. The molecule has 0 radical (unpaired) electrons. The van der Waals surface area contributed by atoms with E-state index in [1.807, 2.05) is 0 Å². The largest absolute Gasteiger partial charge is 0.325 e. The number of rotatable bonds is 7. The molecule has 1 fully saturated rings. The molecule has 9 heteroatoms. The monoisotopic (exact) mass is 514 g/mol. The first kappa shape index (κ1) is 25.0. The van der Waals surface area contributed by atoms with Gasteiger partial charge in [-0.2, -0.15) is 0 Å². The number of ketones is 1. The number of halogens is 2. The predicted octanol–water partition coefficient (Wildman–Crippen LogP) is 4.89. The van der Waals surface area contributed by atoms with Crippen molar-refractivity contribution in [2.45, 2.75) is 18.6 Å². The second kappa shape index (κ2) is 10.7. The summed E-state index contributed by atoms with van der Waals surface area (Å²) in [5.41, 5.74) is 1.22. The first-order valence-corrected chi connectivity index (χ1v) is 13.1. The summed E-state index contributed by atoms with van der Waals surface area (Å²) in [6.45, 7) is 0.316. The molecule has 3 aromatic rings. The van der Waals surface area contributed by atoms with Crippen molar-refractivity contribution in [1.29, 1.82) is 0 Å².